The van der Waals surface area contributed by atoms with Crippen LogP contribution in [0.25, 0.3) is 10.9 Å². The summed E-state index contributed by atoms with van der Waals surface area (Å²) in [5.74, 6) is -1.11. The van der Waals surface area contributed by atoms with E-state index in [1.54, 1.807) is 6.07 Å². The van der Waals surface area contributed by atoms with Crippen LogP contribution >= 0.6 is 11.6 Å². The minimum Gasteiger partial charge on any atom is -0.373 e. The van der Waals surface area contributed by atoms with Gasteiger partial charge in [-0.1, -0.05) is 48.9 Å². The Morgan fingerprint density at radius 2 is 1.86 bits per heavy atom. The number of pyridine rings is 1. The molecule has 6 rings (SSSR count). The van der Waals surface area contributed by atoms with Gasteiger partial charge in [-0.2, -0.15) is 5.26 Å². The first kappa shape index (κ1) is 28.7. The van der Waals surface area contributed by atoms with Gasteiger partial charge in [0.15, 0.2) is 5.82 Å². The largest absolute Gasteiger partial charge is 0.373 e. The van der Waals surface area contributed by atoms with Crippen LogP contribution in [0.3, 0.4) is 0 Å². The molecule has 1 saturated heterocycles. The highest BCUT2D eigenvalue weighted by Gasteiger charge is 2.29. The molecule has 1 aromatic heterocycles. The molecule has 0 radical (unpaired) electrons. The molecule has 1 atom stereocenters. The van der Waals surface area contributed by atoms with Gasteiger partial charge in [0.05, 0.1) is 28.0 Å². The first-order chi connectivity index (χ1) is 20.9. The third kappa shape index (κ3) is 6.06. The number of anilines is 3. The molecule has 0 saturated carbocycles. The van der Waals surface area contributed by atoms with Gasteiger partial charge >= 0.3 is 0 Å². The second-order valence-corrected chi connectivity index (χ2v) is 11.1. The molecule has 220 valence electrons. The summed E-state index contributed by atoms with van der Waals surface area (Å²) in [6, 6.07) is 19.3. The van der Waals surface area contributed by atoms with Crippen LogP contribution in [0, 0.1) is 23.0 Å². The van der Waals surface area contributed by atoms with Gasteiger partial charge in [0.1, 0.15) is 17.4 Å². The standard InChI is InChI=1S/C32H31ClF2N8/c1-2-42-12-10-24(11-13-42)43-19-29(40-41-43)31(20-6-4-3-5-7-20)39-23-14-25-30(38-22-8-9-27(34)26(33)15-22)21(17-36)18-37-32(25)28(35)16-23/h3-9,14-16,18-19,24,31,39-41H,2,10-13H2,1H3,(H,37,38)/t31-/m0/s1. The lowest BCUT2D eigenvalue weighted by molar-refractivity contribution is 0.112. The van der Waals surface area contributed by atoms with Crippen LogP contribution in [0.15, 0.2) is 78.8 Å². The number of likely N-dealkylation sites (tertiary alicyclic amines) is 1. The van der Waals surface area contributed by atoms with Crippen molar-refractivity contribution in [3.63, 3.8) is 0 Å². The van der Waals surface area contributed by atoms with E-state index in [0.717, 1.165) is 43.7 Å². The molecule has 8 nitrogen and oxygen atoms in total. The summed E-state index contributed by atoms with van der Waals surface area (Å²) in [5.41, 5.74) is 10.1. The Bertz CT molecular complexity index is 1700. The molecule has 43 heavy (non-hydrogen) atoms. The summed E-state index contributed by atoms with van der Waals surface area (Å²) in [4.78, 5) is 6.67. The molecule has 0 spiro atoms. The van der Waals surface area contributed by atoms with Crippen LogP contribution in [0.2, 0.25) is 5.02 Å². The highest BCUT2D eigenvalue weighted by Crippen LogP contribution is 2.35. The number of aromatic nitrogens is 1. The van der Waals surface area contributed by atoms with Crippen molar-refractivity contribution in [3.8, 4) is 6.07 Å². The van der Waals surface area contributed by atoms with E-state index in [1.807, 2.05) is 30.3 Å². The highest BCUT2D eigenvalue weighted by molar-refractivity contribution is 6.31. The third-order valence-electron chi connectivity index (χ3n) is 7.99. The van der Waals surface area contributed by atoms with Gasteiger partial charge in [0.25, 0.3) is 0 Å². The fraction of sp³-hybridized carbons (Fsp3) is 0.250. The lowest BCUT2D eigenvalue weighted by atomic mass is 10.0. The van der Waals surface area contributed by atoms with E-state index >= 15 is 4.39 Å². The Labute approximate surface area is 253 Å². The number of hydrazine groups is 2. The van der Waals surface area contributed by atoms with Crippen molar-refractivity contribution in [3.05, 3.63) is 107 Å². The van der Waals surface area contributed by atoms with Crippen molar-refractivity contribution in [2.24, 2.45) is 0 Å². The second kappa shape index (κ2) is 12.4. The van der Waals surface area contributed by atoms with E-state index in [4.69, 9.17) is 11.6 Å². The number of nitrogens with one attached hydrogen (secondary N) is 4. The molecular weight excluding hydrogens is 570 g/mol. The van der Waals surface area contributed by atoms with Crippen molar-refractivity contribution >= 4 is 39.6 Å². The predicted molar refractivity (Wildman–Crippen MR) is 165 cm³/mol. The summed E-state index contributed by atoms with van der Waals surface area (Å²) >= 11 is 5.99. The Balaban J connectivity index is 1.35. The first-order valence-corrected chi connectivity index (χ1v) is 14.6. The fourth-order valence-electron chi connectivity index (χ4n) is 5.63. The predicted octanol–water partition coefficient (Wildman–Crippen LogP) is 6.59. The lowest BCUT2D eigenvalue weighted by Crippen LogP contribution is -2.48. The summed E-state index contributed by atoms with van der Waals surface area (Å²) in [5, 5.41) is 18.9. The molecule has 3 heterocycles. The average molecular weight is 601 g/mol. The van der Waals surface area contributed by atoms with Crippen molar-refractivity contribution in [2.45, 2.75) is 31.8 Å². The smallest absolute Gasteiger partial charge is 0.151 e. The van der Waals surface area contributed by atoms with Gasteiger partial charge in [0, 0.05) is 48.3 Å². The van der Waals surface area contributed by atoms with Crippen molar-refractivity contribution < 1.29 is 8.78 Å². The van der Waals surface area contributed by atoms with E-state index in [2.05, 4.69) is 55.7 Å². The van der Waals surface area contributed by atoms with Crippen LogP contribution in [0.5, 0.6) is 0 Å². The number of halogens is 3. The van der Waals surface area contributed by atoms with Crippen molar-refractivity contribution in [1.82, 2.24) is 25.9 Å². The third-order valence-corrected chi connectivity index (χ3v) is 8.28. The van der Waals surface area contributed by atoms with Crippen LogP contribution in [0.4, 0.5) is 25.8 Å². The topological polar surface area (TPSA) is 91.3 Å². The molecule has 2 aliphatic rings. The minimum atomic E-state index is -0.564. The Morgan fingerprint density at radius 1 is 1.07 bits per heavy atom. The van der Waals surface area contributed by atoms with Gasteiger partial charge in [-0.25, -0.2) is 8.78 Å². The summed E-state index contributed by atoms with van der Waals surface area (Å²) in [7, 11) is 0. The number of nitriles is 1. The van der Waals surface area contributed by atoms with Gasteiger partial charge < -0.3 is 21.0 Å². The second-order valence-electron chi connectivity index (χ2n) is 10.6. The van der Waals surface area contributed by atoms with Gasteiger partial charge in [-0.15, -0.1) is 5.53 Å². The van der Waals surface area contributed by atoms with Crippen molar-refractivity contribution in [1.29, 1.82) is 5.26 Å². The summed E-state index contributed by atoms with van der Waals surface area (Å²) in [6.45, 7) is 5.35. The lowest BCUT2D eigenvalue weighted by Gasteiger charge is -2.35. The molecule has 2 aliphatic heterocycles. The van der Waals surface area contributed by atoms with Gasteiger partial charge in [0.2, 0.25) is 0 Å². The zero-order chi connectivity index (χ0) is 29.9. The van der Waals surface area contributed by atoms with Gasteiger partial charge in [-0.05, 0) is 55.3 Å². The average Bonchev–Trinajstić information content (AvgIpc) is 3.52. The molecule has 3 aromatic carbocycles. The zero-order valence-corrected chi connectivity index (χ0v) is 24.3. The van der Waals surface area contributed by atoms with Crippen molar-refractivity contribution in [2.75, 3.05) is 30.3 Å². The van der Waals surface area contributed by atoms with E-state index < -0.39 is 11.6 Å². The molecule has 0 unspecified atom stereocenters. The zero-order valence-electron chi connectivity index (χ0n) is 23.5. The quantitative estimate of drug-likeness (QED) is 0.180. The van der Waals surface area contributed by atoms with Crippen LogP contribution in [-0.2, 0) is 0 Å². The SMILES string of the molecule is CCN1CCC(N2C=C([C@@H](Nc3cc(F)c4ncc(C#N)c(Nc5ccc(F)c(Cl)c5)c4c3)c3ccccc3)NN2)CC1. The fourth-order valence-corrected chi connectivity index (χ4v) is 5.81. The van der Waals surface area contributed by atoms with E-state index in [1.165, 1.54) is 30.5 Å². The summed E-state index contributed by atoms with van der Waals surface area (Å²) in [6.07, 6.45) is 5.50. The Morgan fingerprint density at radius 3 is 2.58 bits per heavy atom. The number of rotatable bonds is 8. The molecule has 4 aromatic rings. The molecule has 4 N–H and O–H groups in total. The first-order valence-electron chi connectivity index (χ1n) is 14.2. The van der Waals surface area contributed by atoms with Gasteiger partial charge in [-0.3, -0.25) is 9.99 Å². The molecule has 11 heteroatoms. The maximum Gasteiger partial charge on any atom is 0.151 e. The molecule has 0 bridgehead atoms. The van der Waals surface area contributed by atoms with E-state index in [-0.39, 0.29) is 22.1 Å². The number of piperidine rings is 1. The summed E-state index contributed by atoms with van der Waals surface area (Å²) < 4.78 is 29.4. The highest BCUT2D eigenvalue weighted by atomic mass is 35.5. The molecule has 0 amide bonds. The maximum absolute atomic E-state index is 15.6. The van der Waals surface area contributed by atoms with E-state index in [9.17, 15) is 9.65 Å². The van der Waals surface area contributed by atoms with E-state index in [0.29, 0.717) is 28.5 Å². The maximum atomic E-state index is 15.6. The molecule has 1 fully saturated rings. The normalized spacial score (nSPS) is 16.4. The molecular formula is C32H31ClF2N8. The number of hydrogen-bond donors (Lipinski definition) is 4. The number of nitrogens with zero attached hydrogens (tertiary/aromatic N) is 4. The monoisotopic (exact) mass is 600 g/mol. The molecule has 0 aliphatic carbocycles. The number of benzene rings is 3. The number of hydrogen-bond acceptors (Lipinski definition) is 8. The van der Waals surface area contributed by atoms with Crippen LogP contribution in [0.1, 0.15) is 36.9 Å². The Kier molecular flexibility index (Phi) is 8.29. The minimum absolute atomic E-state index is 0.0722. The Hall–Kier alpha value is -4.43. The number of fused-ring (bicyclic) bond motifs is 1. The van der Waals surface area contributed by atoms with Crippen LogP contribution in [-0.4, -0.2) is 40.6 Å². The van der Waals surface area contributed by atoms with Crippen LogP contribution < -0.4 is 21.6 Å².